The summed E-state index contributed by atoms with van der Waals surface area (Å²) >= 11 is 0. The molecule has 2 aromatic rings. The number of hydrogen-bond donors (Lipinski definition) is 0. The first-order valence-electron chi connectivity index (χ1n) is 4.08. The second-order valence-electron chi connectivity index (χ2n) is 2.99. The number of aromatic nitrogens is 2. The van der Waals surface area contributed by atoms with E-state index in [4.69, 9.17) is 9.05 Å². The number of hydrogen-bond acceptors (Lipinski definition) is 5. The fourth-order valence-electron chi connectivity index (χ4n) is 1.06. The van der Waals surface area contributed by atoms with Crippen LogP contribution in [0.5, 0.6) is 0 Å². The third-order valence-electron chi connectivity index (χ3n) is 1.70. The summed E-state index contributed by atoms with van der Waals surface area (Å²) in [5.74, 6) is -0.0106. The molecule has 0 atom stereocenters. The monoisotopic (exact) mass is 192 g/mol. The van der Waals surface area contributed by atoms with Crippen LogP contribution >= 0.6 is 0 Å². The van der Waals surface area contributed by atoms with Crippen LogP contribution in [-0.4, -0.2) is 16.1 Å². The van der Waals surface area contributed by atoms with Gasteiger partial charge in [0, 0.05) is 12.1 Å². The van der Waals surface area contributed by atoms with E-state index in [-0.39, 0.29) is 17.3 Å². The van der Waals surface area contributed by atoms with Crippen LogP contribution in [0.2, 0.25) is 0 Å². The lowest BCUT2D eigenvalue weighted by atomic mass is 10.2. The van der Waals surface area contributed by atoms with Gasteiger partial charge in [0.25, 0.3) is 5.78 Å². The van der Waals surface area contributed by atoms with E-state index in [1.807, 2.05) is 0 Å². The SMILES string of the molecule is Cc1cc(C(=O)c2cc(C)no2)on1. The van der Waals surface area contributed by atoms with Gasteiger partial charge in [0.15, 0.2) is 0 Å². The van der Waals surface area contributed by atoms with E-state index in [0.717, 1.165) is 0 Å². The van der Waals surface area contributed by atoms with Crippen molar-refractivity contribution in [3.63, 3.8) is 0 Å². The molecule has 0 fully saturated rings. The molecule has 5 heteroatoms. The maximum Gasteiger partial charge on any atom is 0.269 e. The van der Waals surface area contributed by atoms with Crippen LogP contribution in [0.3, 0.4) is 0 Å². The first-order chi connectivity index (χ1) is 6.66. The molecule has 0 N–H and O–H groups in total. The highest BCUT2D eigenvalue weighted by Gasteiger charge is 2.18. The Hall–Kier alpha value is -1.91. The zero-order chi connectivity index (χ0) is 10.1. The normalized spacial score (nSPS) is 10.4. The predicted molar refractivity (Wildman–Crippen MR) is 45.9 cm³/mol. The molecular formula is C9H8N2O3. The molecule has 0 aliphatic carbocycles. The van der Waals surface area contributed by atoms with Crippen molar-refractivity contribution in [1.82, 2.24) is 10.3 Å². The van der Waals surface area contributed by atoms with Crippen molar-refractivity contribution in [3.8, 4) is 0 Å². The molecule has 0 saturated heterocycles. The average Bonchev–Trinajstić information content (AvgIpc) is 2.73. The minimum absolute atomic E-state index is 0.165. The summed E-state index contributed by atoms with van der Waals surface area (Å²) in [6.45, 7) is 3.48. The van der Waals surface area contributed by atoms with Crippen molar-refractivity contribution in [2.45, 2.75) is 13.8 Å². The Labute approximate surface area is 79.7 Å². The highest BCUT2D eigenvalue weighted by molar-refractivity contribution is 6.05. The molecule has 2 heterocycles. The highest BCUT2D eigenvalue weighted by atomic mass is 16.5. The second-order valence-corrected chi connectivity index (χ2v) is 2.99. The number of nitrogens with zero attached hydrogens (tertiary/aromatic N) is 2. The number of carbonyl (C=O) groups excluding carboxylic acids is 1. The molecule has 72 valence electrons. The number of ketones is 1. The van der Waals surface area contributed by atoms with Crippen molar-refractivity contribution < 1.29 is 13.8 Å². The van der Waals surface area contributed by atoms with E-state index in [1.54, 1.807) is 26.0 Å². The van der Waals surface area contributed by atoms with Crippen molar-refractivity contribution in [3.05, 3.63) is 35.0 Å². The van der Waals surface area contributed by atoms with Crippen molar-refractivity contribution in [1.29, 1.82) is 0 Å². The minimum Gasteiger partial charge on any atom is -0.352 e. The molecule has 2 aromatic heterocycles. The Kier molecular flexibility index (Phi) is 1.92. The van der Waals surface area contributed by atoms with Crippen LogP contribution in [0, 0.1) is 13.8 Å². The van der Waals surface area contributed by atoms with Gasteiger partial charge in [0.2, 0.25) is 11.5 Å². The summed E-state index contributed by atoms with van der Waals surface area (Å²) in [7, 11) is 0. The fraction of sp³-hybridized carbons (Fsp3) is 0.222. The quantitative estimate of drug-likeness (QED) is 0.674. The smallest absolute Gasteiger partial charge is 0.269 e. The maximum absolute atomic E-state index is 11.6. The van der Waals surface area contributed by atoms with Gasteiger partial charge in [-0.05, 0) is 13.8 Å². The molecule has 14 heavy (non-hydrogen) atoms. The second kappa shape index (κ2) is 3.10. The molecule has 0 aromatic carbocycles. The standard InChI is InChI=1S/C9H8N2O3/c1-5-3-7(13-10-5)9(12)8-4-6(2)11-14-8/h3-4H,1-2H3. The minimum atomic E-state index is -0.341. The average molecular weight is 192 g/mol. The largest absolute Gasteiger partial charge is 0.352 e. The third kappa shape index (κ3) is 1.44. The predicted octanol–water partition coefficient (Wildman–Crippen LogP) is 1.51. The summed E-state index contributed by atoms with van der Waals surface area (Å²) in [5, 5.41) is 7.22. The van der Waals surface area contributed by atoms with E-state index in [2.05, 4.69) is 10.3 Å². The summed E-state index contributed by atoms with van der Waals surface area (Å²) in [5.41, 5.74) is 1.31. The zero-order valence-electron chi connectivity index (χ0n) is 7.77. The van der Waals surface area contributed by atoms with Crippen LogP contribution in [-0.2, 0) is 0 Å². The molecule has 0 saturated carbocycles. The van der Waals surface area contributed by atoms with E-state index in [0.29, 0.717) is 11.4 Å². The van der Waals surface area contributed by atoms with Gasteiger partial charge < -0.3 is 9.05 Å². The molecule has 0 bridgehead atoms. The molecule has 0 unspecified atom stereocenters. The lowest BCUT2D eigenvalue weighted by Gasteiger charge is -1.86. The molecule has 0 radical (unpaired) electrons. The zero-order valence-corrected chi connectivity index (χ0v) is 7.77. The van der Waals surface area contributed by atoms with Crippen LogP contribution in [0.15, 0.2) is 21.2 Å². The molecule has 0 amide bonds. The highest BCUT2D eigenvalue weighted by Crippen LogP contribution is 2.11. The van der Waals surface area contributed by atoms with Gasteiger partial charge in [0.1, 0.15) is 0 Å². The van der Waals surface area contributed by atoms with Crippen LogP contribution in [0.25, 0.3) is 0 Å². The molecular weight excluding hydrogens is 184 g/mol. The van der Waals surface area contributed by atoms with Crippen LogP contribution in [0.1, 0.15) is 27.7 Å². The number of rotatable bonds is 2. The molecule has 2 rings (SSSR count). The summed E-state index contributed by atoms with van der Waals surface area (Å²) < 4.78 is 9.60. The van der Waals surface area contributed by atoms with E-state index in [1.165, 1.54) is 0 Å². The van der Waals surface area contributed by atoms with Gasteiger partial charge in [-0.15, -0.1) is 0 Å². The fourth-order valence-corrected chi connectivity index (χ4v) is 1.06. The van der Waals surface area contributed by atoms with Crippen molar-refractivity contribution >= 4 is 5.78 Å². The summed E-state index contributed by atoms with van der Waals surface area (Å²) in [6.07, 6.45) is 0. The van der Waals surface area contributed by atoms with Gasteiger partial charge in [0.05, 0.1) is 11.4 Å². The lowest BCUT2D eigenvalue weighted by Crippen LogP contribution is -1.97. The Morgan fingerprint density at radius 1 is 1.07 bits per heavy atom. The Balaban J connectivity index is 2.33. The van der Waals surface area contributed by atoms with E-state index < -0.39 is 0 Å². The van der Waals surface area contributed by atoms with Crippen molar-refractivity contribution in [2.75, 3.05) is 0 Å². The Morgan fingerprint density at radius 3 is 1.79 bits per heavy atom. The number of aryl methyl sites for hydroxylation is 2. The van der Waals surface area contributed by atoms with Gasteiger partial charge in [-0.2, -0.15) is 0 Å². The molecule has 0 spiro atoms. The van der Waals surface area contributed by atoms with E-state index in [9.17, 15) is 4.79 Å². The molecule has 0 aliphatic rings. The topological polar surface area (TPSA) is 69.1 Å². The molecule has 5 nitrogen and oxygen atoms in total. The third-order valence-corrected chi connectivity index (χ3v) is 1.70. The summed E-state index contributed by atoms with van der Waals surface area (Å²) in [6, 6.07) is 3.11. The first-order valence-corrected chi connectivity index (χ1v) is 4.08. The molecule has 0 aliphatic heterocycles. The van der Waals surface area contributed by atoms with Gasteiger partial charge >= 0.3 is 0 Å². The first kappa shape index (κ1) is 8.68. The van der Waals surface area contributed by atoms with Crippen LogP contribution < -0.4 is 0 Å². The lowest BCUT2D eigenvalue weighted by molar-refractivity contribution is 0.0965. The Morgan fingerprint density at radius 2 is 1.50 bits per heavy atom. The van der Waals surface area contributed by atoms with Crippen LogP contribution in [0.4, 0.5) is 0 Å². The van der Waals surface area contributed by atoms with Gasteiger partial charge in [-0.1, -0.05) is 10.3 Å². The van der Waals surface area contributed by atoms with Gasteiger partial charge in [-0.3, -0.25) is 4.79 Å². The van der Waals surface area contributed by atoms with Gasteiger partial charge in [-0.25, -0.2) is 0 Å². The number of carbonyl (C=O) groups is 1. The maximum atomic E-state index is 11.6. The summed E-state index contributed by atoms with van der Waals surface area (Å²) in [4.78, 5) is 11.6. The Bertz CT molecular complexity index is 428. The van der Waals surface area contributed by atoms with E-state index >= 15 is 0 Å². The van der Waals surface area contributed by atoms with Crippen molar-refractivity contribution in [2.24, 2.45) is 0 Å².